The van der Waals surface area contributed by atoms with Crippen molar-refractivity contribution in [1.29, 1.82) is 0 Å². The normalized spacial score (nSPS) is 10.0. The number of rotatable bonds is 3. The molecule has 0 spiro atoms. The van der Waals surface area contributed by atoms with Crippen molar-refractivity contribution in [2.75, 3.05) is 14.2 Å². The minimum atomic E-state index is -0.502. The van der Waals surface area contributed by atoms with Crippen molar-refractivity contribution in [3.63, 3.8) is 0 Å². The second-order valence-electron chi connectivity index (χ2n) is 3.03. The first-order chi connectivity index (χ1) is 8.27. The van der Waals surface area contributed by atoms with Gasteiger partial charge in [0.05, 0.1) is 32.2 Å². The molecule has 0 fully saturated rings. The molecule has 17 heavy (non-hydrogen) atoms. The highest BCUT2D eigenvalue weighted by Crippen LogP contribution is 2.23. The Morgan fingerprint density at radius 3 is 2.53 bits per heavy atom. The third kappa shape index (κ3) is 1.94. The van der Waals surface area contributed by atoms with Gasteiger partial charge in [-0.05, 0) is 6.07 Å². The zero-order valence-corrected chi connectivity index (χ0v) is 9.32. The lowest BCUT2D eigenvalue weighted by Crippen LogP contribution is -2.12. The molecule has 0 saturated carbocycles. The number of carbonyl (C=O) groups excluding carboxylic acids is 1. The summed E-state index contributed by atoms with van der Waals surface area (Å²) >= 11 is 0. The molecule has 88 valence electrons. The molecule has 0 aliphatic rings. The first kappa shape index (κ1) is 11.1. The van der Waals surface area contributed by atoms with Gasteiger partial charge in [0.25, 0.3) is 0 Å². The molecule has 2 rings (SSSR count). The maximum atomic E-state index is 11.6. The highest BCUT2D eigenvalue weighted by Gasteiger charge is 2.19. The van der Waals surface area contributed by atoms with E-state index in [0.29, 0.717) is 5.69 Å². The van der Waals surface area contributed by atoms with Crippen LogP contribution in [0.15, 0.2) is 24.7 Å². The molecule has 0 N–H and O–H groups in total. The number of esters is 1. The average molecular weight is 234 g/mol. The number of pyridine rings is 1. The molecular weight excluding hydrogens is 224 g/mol. The van der Waals surface area contributed by atoms with Gasteiger partial charge in [-0.2, -0.15) is 10.2 Å². The number of methoxy groups -OCH3 is 2. The largest absolute Gasteiger partial charge is 0.479 e. The van der Waals surface area contributed by atoms with Gasteiger partial charge in [-0.1, -0.05) is 0 Å². The highest BCUT2D eigenvalue weighted by molar-refractivity contribution is 5.94. The standard InChI is InChI=1S/C10H10N4O3/c1-16-9-8(14-12-5-6-13-14)7(3-4-11-9)10(15)17-2/h3-6H,1-2H3. The molecule has 0 aliphatic carbocycles. The Bertz CT molecular complexity index is 524. The van der Waals surface area contributed by atoms with Crippen molar-refractivity contribution in [3.8, 4) is 11.6 Å². The zero-order valence-electron chi connectivity index (χ0n) is 9.32. The first-order valence-electron chi connectivity index (χ1n) is 4.76. The zero-order chi connectivity index (χ0) is 12.3. The molecule has 0 unspecified atom stereocenters. The van der Waals surface area contributed by atoms with Crippen LogP contribution in [-0.4, -0.2) is 40.2 Å². The molecule has 0 amide bonds. The Morgan fingerprint density at radius 1 is 1.24 bits per heavy atom. The molecule has 0 saturated heterocycles. The maximum Gasteiger partial charge on any atom is 0.340 e. The summed E-state index contributed by atoms with van der Waals surface area (Å²) in [6, 6.07) is 1.52. The third-order valence-corrected chi connectivity index (χ3v) is 2.11. The van der Waals surface area contributed by atoms with E-state index >= 15 is 0 Å². The predicted octanol–water partition coefficient (Wildman–Crippen LogP) is 0.457. The van der Waals surface area contributed by atoms with Crippen LogP contribution in [0.4, 0.5) is 0 Å². The third-order valence-electron chi connectivity index (χ3n) is 2.11. The highest BCUT2D eigenvalue weighted by atomic mass is 16.5. The fourth-order valence-corrected chi connectivity index (χ4v) is 1.38. The van der Waals surface area contributed by atoms with Gasteiger partial charge in [0.1, 0.15) is 0 Å². The average Bonchev–Trinajstić information content (AvgIpc) is 2.90. The van der Waals surface area contributed by atoms with E-state index in [9.17, 15) is 4.79 Å². The van der Waals surface area contributed by atoms with Crippen molar-refractivity contribution in [1.82, 2.24) is 20.0 Å². The summed E-state index contributed by atoms with van der Waals surface area (Å²) in [5, 5.41) is 7.90. The molecule has 7 nitrogen and oxygen atoms in total. The van der Waals surface area contributed by atoms with Crippen LogP contribution < -0.4 is 4.74 Å². The molecule has 0 aromatic carbocycles. The number of carbonyl (C=O) groups is 1. The molecule has 2 aromatic rings. The second-order valence-corrected chi connectivity index (χ2v) is 3.03. The molecule has 0 aliphatic heterocycles. The van der Waals surface area contributed by atoms with Crippen molar-refractivity contribution < 1.29 is 14.3 Å². The Balaban J connectivity index is 2.64. The minimum Gasteiger partial charge on any atom is -0.479 e. The summed E-state index contributed by atoms with van der Waals surface area (Å²) in [5.41, 5.74) is 0.641. The molecule has 2 aromatic heterocycles. The monoisotopic (exact) mass is 234 g/mol. The lowest BCUT2D eigenvalue weighted by atomic mass is 10.2. The van der Waals surface area contributed by atoms with Crippen LogP contribution in [0.1, 0.15) is 10.4 Å². The van der Waals surface area contributed by atoms with E-state index in [1.165, 1.54) is 43.7 Å². The van der Waals surface area contributed by atoms with Crippen LogP contribution in [0.5, 0.6) is 5.88 Å². The van der Waals surface area contributed by atoms with Crippen LogP contribution in [-0.2, 0) is 4.74 Å². The van der Waals surface area contributed by atoms with Gasteiger partial charge in [-0.25, -0.2) is 9.78 Å². The van der Waals surface area contributed by atoms with Crippen LogP contribution in [0.3, 0.4) is 0 Å². The van der Waals surface area contributed by atoms with Gasteiger partial charge >= 0.3 is 5.97 Å². The molecule has 0 atom stereocenters. The second kappa shape index (κ2) is 4.60. The summed E-state index contributed by atoms with van der Waals surface area (Å²) in [6.45, 7) is 0. The summed E-state index contributed by atoms with van der Waals surface area (Å²) in [6.07, 6.45) is 4.44. The Morgan fingerprint density at radius 2 is 1.94 bits per heavy atom. The molecule has 7 heteroatoms. The summed E-state index contributed by atoms with van der Waals surface area (Å²) < 4.78 is 9.77. The minimum absolute atomic E-state index is 0.254. The van der Waals surface area contributed by atoms with Crippen molar-refractivity contribution in [2.45, 2.75) is 0 Å². The number of hydrogen-bond donors (Lipinski definition) is 0. The number of ether oxygens (including phenoxy) is 2. The Labute approximate surface area is 97.0 Å². The van der Waals surface area contributed by atoms with Crippen molar-refractivity contribution in [3.05, 3.63) is 30.2 Å². The lowest BCUT2D eigenvalue weighted by Gasteiger charge is -2.09. The molecule has 0 bridgehead atoms. The fraction of sp³-hybridized carbons (Fsp3) is 0.200. The number of aromatic nitrogens is 4. The van der Waals surface area contributed by atoms with Gasteiger partial charge in [-0.3, -0.25) is 0 Å². The van der Waals surface area contributed by atoms with E-state index in [1.807, 2.05) is 0 Å². The first-order valence-corrected chi connectivity index (χ1v) is 4.76. The van der Waals surface area contributed by atoms with E-state index in [0.717, 1.165) is 0 Å². The number of nitrogens with zero attached hydrogens (tertiary/aromatic N) is 4. The topological polar surface area (TPSA) is 79.1 Å². The van der Waals surface area contributed by atoms with Gasteiger partial charge in [0, 0.05) is 6.20 Å². The van der Waals surface area contributed by atoms with Gasteiger partial charge in [0.2, 0.25) is 5.88 Å². The summed E-state index contributed by atoms with van der Waals surface area (Å²) in [5.74, 6) is -0.248. The van der Waals surface area contributed by atoms with Gasteiger partial charge < -0.3 is 9.47 Å². The molecular formula is C10H10N4O3. The fourth-order valence-electron chi connectivity index (χ4n) is 1.38. The maximum absolute atomic E-state index is 11.6. The predicted molar refractivity (Wildman–Crippen MR) is 57.0 cm³/mol. The lowest BCUT2D eigenvalue weighted by molar-refractivity contribution is 0.0599. The van der Waals surface area contributed by atoms with Crippen LogP contribution in [0.25, 0.3) is 5.69 Å². The van der Waals surface area contributed by atoms with E-state index in [2.05, 4.69) is 19.9 Å². The van der Waals surface area contributed by atoms with E-state index in [-0.39, 0.29) is 11.4 Å². The number of hydrogen-bond acceptors (Lipinski definition) is 6. The van der Waals surface area contributed by atoms with Crippen LogP contribution in [0.2, 0.25) is 0 Å². The Hall–Kier alpha value is -2.44. The SMILES string of the molecule is COC(=O)c1ccnc(OC)c1-n1nccn1. The van der Waals surface area contributed by atoms with E-state index < -0.39 is 5.97 Å². The molecule has 2 heterocycles. The van der Waals surface area contributed by atoms with Gasteiger partial charge in [0.15, 0.2) is 5.69 Å². The van der Waals surface area contributed by atoms with Crippen molar-refractivity contribution in [2.24, 2.45) is 0 Å². The van der Waals surface area contributed by atoms with Crippen molar-refractivity contribution >= 4 is 5.97 Å². The quantitative estimate of drug-likeness (QED) is 0.718. The summed E-state index contributed by atoms with van der Waals surface area (Å²) in [7, 11) is 2.76. The van der Waals surface area contributed by atoms with Crippen LogP contribution >= 0.6 is 0 Å². The van der Waals surface area contributed by atoms with Gasteiger partial charge in [-0.15, -0.1) is 4.80 Å². The Kier molecular flexibility index (Phi) is 2.99. The van der Waals surface area contributed by atoms with Crippen LogP contribution in [0, 0.1) is 0 Å². The summed E-state index contributed by atoms with van der Waals surface area (Å²) in [4.78, 5) is 16.9. The van der Waals surface area contributed by atoms with E-state index in [4.69, 9.17) is 4.74 Å². The smallest absolute Gasteiger partial charge is 0.340 e. The van der Waals surface area contributed by atoms with E-state index in [1.54, 1.807) is 0 Å². The molecule has 0 radical (unpaired) electrons.